The van der Waals surface area contributed by atoms with E-state index in [-0.39, 0.29) is 11.6 Å². The normalized spacial score (nSPS) is 15.2. The van der Waals surface area contributed by atoms with Gasteiger partial charge in [0.2, 0.25) is 0 Å². The van der Waals surface area contributed by atoms with E-state index in [4.69, 9.17) is 16.1 Å². The van der Waals surface area contributed by atoms with Crippen molar-refractivity contribution in [3.8, 4) is 0 Å². The first-order valence-corrected chi connectivity index (χ1v) is 7.75. The van der Waals surface area contributed by atoms with Gasteiger partial charge in [-0.2, -0.15) is 0 Å². The number of hydrogen-bond donors (Lipinski definition) is 1. The molecule has 2 heterocycles. The lowest BCUT2D eigenvalue weighted by Crippen LogP contribution is -2.18. The Kier molecular flexibility index (Phi) is 4.45. The molecule has 22 heavy (non-hydrogen) atoms. The van der Waals surface area contributed by atoms with Gasteiger partial charge in [0.05, 0.1) is 6.54 Å². The maximum atomic E-state index is 12.2. The van der Waals surface area contributed by atoms with Crippen molar-refractivity contribution in [1.82, 2.24) is 10.1 Å². The van der Waals surface area contributed by atoms with Crippen molar-refractivity contribution in [3.05, 3.63) is 46.3 Å². The number of halogens is 1. The number of rotatable bonds is 4. The number of carbonyl (C=O) groups is 1. The summed E-state index contributed by atoms with van der Waals surface area (Å²) in [5.41, 5.74) is 1.89. The lowest BCUT2D eigenvalue weighted by Gasteiger charge is -2.10. The maximum Gasteiger partial charge on any atom is 0.277 e. The Morgan fingerprint density at radius 1 is 1.36 bits per heavy atom. The summed E-state index contributed by atoms with van der Waals surface area (Å²) in [7, 11) is 0. The Hall–Kier alpha value is -1.85. The monoisotopic (exact) mass is 319 g/mol. The fourth-order valence-electron chi connectivity index (χ4n) is 2.52. The number of amides is 1. The fourth-order valence-corrected chi connectivity index (χ4v) is 2.70. The molecule has 1 amide bonds. The van der Waals surface area contributed by atoms with Gasteiger partial charge < -0.3 is 9.84 Å². The Morgan fingerprint density at radius 3 is 2.86 bits per heavy atom. The van der Waals surface area contributed by atoms with Crippen LogP contribution in [-0.4, -0.2) is 29.1 Å². The SMILES string of the molecule is Cc1ccc(NC(=O)c2cc(CN3CCCC3)on2)cc1Cl. The van der Waals surface area contributed by atoms with Crippen LogP contribution >= 0.6 is 11.6 Å². The first kappa shape index (κ1) is 15.1. The Balaban J connectivity index is 1.64. The van der Waals surface area contributed by atoms with Crippen molar-refractivity contribution in [2.75, 3.05) is 18.4 Å². The van der Waals surface area contributed by atoms with E-state index in [1.807, 2.05) is 19.1 Å². The maximum absolute atomic E-state index is 12.2. The Labute approximate surface area is 134 Å². The minimum Gasteiger partial charge on any atom is -0.359 e. The number of aryl methyl sites for hydroxylation is 1. The average Bonchev–Trinajstić information content (AvgIpc) is 3.15. The molecule has 3 rings (SSSR count). The minimum atomic E-state index is -0.295. The topological polar surface area (TPSA) is 58.4 Å². The van der Waals surface area contributed by atoms with E-state index in [1.54, 1.807) is 12.1 Å². The molecular formula is C16H18ClN3O2. The van der Waals surface area contributed by atoms with Gasteiger partial charge in [0.1, 0.15) is 0 Å². The summed E-state index contributed by atoms with van der Waals surface area (Å²) in [6.07, 6.45) is 2.44. The fraction of sp³-hybridized carbons (Fsp3) is 0.375. The molecule has 1 aromatic carbocycles. The summed E-state index contributed by atoms with van der Waals surface area (Å²) in [5.74, 6) is 0.422. The zero-order valence-corrected chi connectivity index (χ0v) is 13.2. The first-order chi connectivity index (χ1) is 10.6. The van der Waals surface area contributed by atoms with Gasteiger partial charge >= 0.3 is 0 Å². The zero-order valence-electron chi connectivity index (χ0n) is 12.4. The molecule has 1 saturated heterocycles. The Morgan fingerprint density at radius 2 is 2.14 bits per heavy atom. The molecule has 0 spiro atoms. The number of anilines is 1. The molecule has 1 fully saturated rings. The quantitative estimate of drug-likeness (QED) is 0.937. The number of nitrogens with one attached hydrogen (secondary N) is 1. The second-order valence-corrected chi connectivity index (χ2v) is 5.99. The van der Waals surface area contributed by atoms with E-state index in [0.717, 1.165) is 18.7 Å². The van der Waals surface area contributed by atoms with Gasteiger partial charge in [-0.1, -0.05) is 22.8 Å². The summed E-state index contributed by atoms with van der Waals surface area (Å²) in [6, 6.07) is 7.09. The predicted octanol–water partition coefficient (Wildman–Crippen LogP) is 3.48. The predicted molar refractivity (Wildman–Crippen MR) is 85.2 cm³/mol. The molecule has 0 saturated carbocycles. The van der Waals surface area contributed by atoms with Crippen molar-refractivity contribution in [2.45, 2.75) is 26.3 Å². The summed E-state index contributed by atoms with van der Waals surface area (Å²) in [5, 5.41) is 7.24. The lowest BCUT2D eigenvalue weighted by molar-refractivity contribution is 0.101. The van der Waals surface area contributed by atoms with Gasteiger partial charge in [-0.25, -0.2) is 0 Å². The third-order valence-corrected chi connectivity index (χ3v) is 4.21. The van der Waals surface area contributed by atoms with Crippen LogP contribution in [0.15, 0.2) is 28.8 Å². The van der Waals surface area contributed by atoms with Crippen LogP contribution < -0.4 is 5.32 Å². The third-order valence-electron chi connectivity index (χ3n) is 3.80. The highest BCUT2D eigenvalue weighted by Crippen LogP contribution is 2.20. The van der Waals surface area contributed by atoms with Crippen LogP contribution in [0, 0.1) is 6.92 Å². The molecule has 6 heteroatoms. The van der Waals surface area contributed by atoms with Crippen molar-refractivity contribution in [1.29, 1.82) is 0 Å². The minimum absolute atomic E-state index is 0.283. The molecule has 0 radical (unpaired) electrons. The molecule has 1 aliphatic rings. The summed E-state index contributed by atoms with van der Waals surface area (Å²) in [4.78, 5) is 14.5. The standard InChI is InChI=1S/C16H18ClN3O2/c1-11-4-5-12(8-14(11)17)18-16(21)15-9-13(22-19-15)10-20-6-2-3-7-20/h4-5,8-9H,2-3,6-7,10H2,1H3,(H,18,21). The van der Waals surface area contributed by atoms with Gasteiger partial charge in [0, 0.05) is 16.8 Å². The van der Waals surface area contributed by atoms with Crippen molar-refractivity contribution >= 4 is 23.2 Å². The molecule has 0 atom stereocenters. The van der Waals surface area contributed by atoms with Gasteiger partial charge in [-0.15, -0.1) is 0 Å². The van der Waals surface area contributed by atoms with E-state index in [9.17, 15) is 4.79 Å². The lowest BCUT2D eigenvalue weighted by atomic mass is 10.2. The zero-order chi connectivity index (χ0) is 15.5. The number of carbonyl (C=O) groups excluding carboxylic acids is 1. The largest absolute Gasteiger partial charge is 0.359 e. The molecule has 1 aromatic heterocycles. The highest BCUT2D eigenvalue weighted by molar-refractivity contribution is 6.31. The number of hydrogen-bond acceptors (Lipinski definition) is 4. The number of nitrogens with zero attached hydrogens (tertiary/aromatic N) is 2. The molecule has 1 aliphatic heterocycles. The van der Waals surface area contributed by atoms with Crippen molar-refractivity contribution < 1.29 is 9.32 Å². The highest BCUT2D eigenvalue weighted by atomic mass is 35.5. The molecule has 0 bridgehead atoms. The van der Waals surface area contributed by atoms with Crippen LogP contribution in [0.1, 0.15) is 34.7 Å². The van der Waals surface area contributed by atoms with E-state index >= 15 is 0 Å². The van der Waals surface area contributed by atoms with Crippen LogP contribution in [0.4, 0.5) is 5.69 Å². The van der Waals surface area contributed by atoms with Crippen molar-refractivity contribution in [3.63, 3.8) is 0 Å². The van der Waals surface area contributed by atoms with Crippen LogP contribution in [-0.2, 0) is 6.54 Å². The summed E-state index contributed by atoms with van der Waals surface area (Å²) in [6.45, 7) is 4.76. The van der Waals surface area contributed by atoms with E-state index in [2.05, 4.69) is 15.4 Å². The Bertz CT molecular complexity index is 678. The number of likely N-dealkylation sites (tertiary alicyclic amines) is 1. The third kappa shape index (κ3) is 3.48. The van der Waals surface area contributed by atoms with Gasteiger partial charge in [-0.3, -0.25) is 9.69 Å². The molecule has 116 valence electrons. The van der Waals surface area contributed by atoms with E-state index in [0.29, 0.717) is 23.0 Å². The smallest absolute Gasteiger partial charge is 0.277 e. The van der Waals surface area contributed by atoms with E-state index < -0.39 is 0 Å². The van der Waals surface area contributed by atoms with Crippen LogP contribution in [0.3, 0.4) is 0 Å². The van der Waals surface area contributed by atoms with Crippen molar-refractivity contribution in [2.24, 2.45) is 0 Å². The van der Waals surface area contributed by atoms with Crippen LogP contribution in [0.25, 0.3) is 0 Å². The highest BCUT2D eigenvalue weighted by Gasteiger charge is 2.17. The first-order valence-electron chi connectivity index (χ1n) is 7.37. The van der Waals surface area contributed by atoms with Crippen LogP contribution in [0.5, 0.6) is 0 Å². The molecular weight excluding hydrogens is 302 g/mol. The van der Waals surface area contributed by atoms with Gasteiger partial charge in [-0.05, 0) is 50.6 Å². The summed E-state index contributed by atoms with van der Waals surface area (Å²) >= 11 is 6.05. The molecule has 5 nitrogen and oxygen atoms in total. The number of benzene rings is 1. The average molecular weight is 320 g/mol. The van der Waals surface area contributed by atoms with Gasteiger partial charge in [0.15, 0.2) is 11.5 Å². The molecule has 1 N–H and O–H groups in total. The molecule has 0 unspecified atom stereocenters. The van der Waals surface area contributed by atoms with Gasteiger partial charge in [0.25, 0.3) is 5.91 Å². The summed E-state index contributed by atoms with van der Waals surface area (Å²) < 4.78 is 5.25. The second kappa shape index (κ2) is 6.50. The second-order valence-electron chi connectivity index (χ2n) is 5.58. The van der Waals surface area contributed by atoms with E-state index in [1.165, 1.54) is 12.8 Å². The number of aromatic nitrogens is 1. The molecule has 0 aliphatic carbocycles. The van der Waals surface area contributed by atoms with Crippen LogP contribution in [0.2, 0.25) is 5.02 Å². The molecule has 2 aromatic rings.